The fourth-order valence-electron chi connectivity index (χ4n) is 3.47. The van der Waals surface area contributed by atoms with Crippen molar-refractivity contribution >= 4 is 22.6 Å². The number of nitrogens with zero attached hydrogens (tertiary/aromatic N) is 1. The van der Waals surface area contributed by atoms with E-state index in [0.29, 0.717) is 13.0 Å². The molecular weight excluding hydrogens is 324 g/mol. The zero-order valence-corrected chi connectivity index (χ0v) is 14.4. The maximum Gasteiger partial charge on any atom is 0.243 e. The summed E-state index contributed by atoms with van der Waals surface area (Å²) >= 11 is 0. The summed E-state index contributed by atoms with van der Waals surface area (Å²) in [5, 5.41) is 5.03. The van der Waals surface area contributed by atoms with Gasteiger partial charge in [-0.2, -0.15) is 0 Å². The lowest BCUT2D eigenvalue weighted by molar-refractivity contribution is -0.146. The Morgan fingerprint density at radius 3 is 2.38 bits per heavy atom. The van der Waals surface area contributed by atoms with Crippen molar-refractivity contribution in [3.8, 4) is 0 Å². The standard InChI is InChI=1S/C22H20N2O2/c25-21-14-23-22(26)20(24(21)15-16-6-2-1-3-7-16)13-17-10-11-18-8-4-5-9-19(18)12-17/h1-12,20H,13-15H2,(H,23,26)/t20-/m0/s1. The highest BCUT2D eigenvalue weighted by Gasteiger charge is 2.34. The molecule has 2 amide bonds. The van der Waals surface area contributed by atoms with E-state index in [1.165, 1.54) is 5.39 Å². The second-order valence-electron chi connectivity index (χ2n) is 6.63. The second kappa shape index (κ2) is 7.00. The predicted molar refractivity (Wildman–Crippen MR) is 101 cm³/mol. The van der Waals surface area contributed by atoms with E-state index in [1.54, 1.807) is 4.90 Å². The lowest BCUT2D eigenvalue weighted by atomic mass is 9.98. The Balaban J connectivity index is 1.61. The molecule has 3 aromatic carbocycles. The first kappa shape index (κ1) is 16.3. The molecule has 1 aliphatic rings. The molecule has 26 heavy (non-hydrogen) atoms. The van der Waals surface area contributed by atoms with Gasteiger partial charge in [-0.1, -0.05) is 72.8 Å². The normalized spacial score (nSPS) is 17.4. The van der Waals surface area contributed by atoms with Crippen molar-refractivity contribution in [2.45, 2.75) is 19.0 Å². The van der Waals surface area contributed by atoms with Crippen molar-refractivity contribution in [1.82, 2.24) is 10.2 Å². The van der Waals surface area contributed by atoms with Crippen LogP contribution in [-0.4, -0.2) is 29.3 Å². The third-order valence-electron chi connectivity index (χ3n) is 4.85. The number of rotatable bonds is 4. The van der Waals surface area contributed by atoms with Crippen LogP contribution < -0.4 is 5.32 Å². The highest BCUT2D eigenvalue weighted by Crippen LogP contribution is 2.20. The van der Waals surface area contributed by atoms with E-state index < -0.39 is 6.04 Å². The fourth-order valence-corrected chi connectivity index (χ4v) is 3.47. The summed E-state index contributed by atoms with van der Waals surface area (Å²) in [5.41, 5.74) is 2.08. The average molecular weight is 344 g/mol. The maximum absolute atomic E-state index is 12.5. The highest BCUT2D eigenvalue weighted by atomic mass is 16.2. The molecule has 4 heteroatoms. The van der Waals surface area contributed by atoms with Gasteiger partial charge in [0.05, 0.1) is 6.54 Å². The molecule has 0 spiro atoms. The zero-order valence-electron chi connectivity index (χ0n) is 14.4. The van der Waals surface area contributed by atoms with Gasteiger partial charge in [0.2, 0.25) is 11.8 Å². The molecule has 1 fully saturated rings. The van der Waals surface area contributed by atoms with E-state index in [4.69, 9.17) is 0 Å². The van der Waals surface area contributed by atoms with Crippen molar-refractivity contribution in [3.63, 3.8) is 0 Å². The van der Waals surface area contributed by atoms with Gasteiger partial charge in [-0.3, -0.25) is 9.59 Å². The largest absolute Gasteiger partial charge is 0.345 e. The van der Waals surface area contributed by atoms with Crippen LogP contribution in [0.5, 0.6) is 0 Å². The number of fused-ring (bicyclic) bond motifs is 1. The Morgan fingerprint density at radius 2 is 1.58 bits per heavy atom. The van der Waals surface area contributed by atoms with Crippen LogP contribution in [0.3, 0.4) is 0 Å². The lowest BCUT2D eigenvalue weighted by Gasteiger charge is -2.35. The van der Waals surface area contributed by atoms with Crippen LogP contribution in [0.25, 0.3) is 10.8 Å². The third-order valence-corrected chi connectivity index (χ3v) is 4.85. The minimum absolute atomic E-state index is 0.0424. The number of benzene rings is 3. The molecule has 0 aromatic heterocycles. The first-order valence-electron chi connectivity index (χ1n) is 8.79. The first-order valence-corrected chi connectivity index (χ1v) is 8.79. The van der Waals surface area contributed by atoms with Gasteiger partial charge in [0.15, 0.2) is 0 Å². The van der Waals surface area contributed by atoms with Crippen LogP contribution in [0.4, 0.5) is 0 Å². The average Bonchev–Trinajstić information content (AvgIpc) is 2.68. The summed E-state index contributed by atoms with van der Waals surface area (Å²) in [6.45, 7) is 0.519. The molecule has 1 atom stereocenters. The molecule has 0 bridgehead atoms. The van der Waals surface area contributed by atoms with E-state index in [2.05, 4.69) is 29.6 Å². The molecule has 1 N–H and O–H groups in total. The molecule has 0 saturated carbocycles. The number of nitrogens with one attached hydrogen (secondary N) is 1. The summed E-state index contributed by atoms with van der Waals surface area (Å²) in [7, 11) is 0. The second-order valence-corrected chi connectivity index (χ2v) is 6.63. The van der Waals surface area contributed by atoms with Crippen LogP contribution in [0.2, 0.25) is 0 Å². The van der Waals surface area contributed by atoms with Crippen molar-refractivity contribution in [2.24, 2.45) is 0 Å². The summed E-state index contributed by atoms with van der Waals surface area (Å²) in [6.07, 6.45) is 0.509. The van der Waals surface area contributed by atoms with Crippen LogP contribution in [0.15, 0.2) is 72.8 Å². The maximum atomic E-state index is 12.5. The van der Waals surface area contributed by atoms with Crippen molar-refractivity contribution in [1.29, 1.82) is 0 Å². The molecule has 1 heterocycles. The minimum Gasteiger partial charge on any atom is -0.345 e. The molecule has 4 nitrogen and oxygen atoms in total. The molecule has 4 rings (SSSR count). The Hall–Kier alpha value is -3.14. The predicted octanol–water partition coefficient (Wildman–Crippen LogP) is 2.91. The number of carbonyl (C=O) groups excluding carboxylic acids is 2. The van der Waals surface area contributed by atoms with Gasteiger partial charge in [0.25, 0.3) is 0 Å². The fraction of sp³-hybridized carbons (Fsp3) is 0.182. The van der Waals surface area contributed by atoms with Gasteiger partial charge in [0.1, 0.15) is 6.04 Å². The Labute approximate surface area is 152 Å². The van der Waals surface area contributed by atoms with Gasteiger partial charge in [0, 0.05) is 13.0 Å². The number of hydrogen-bond donors (Lipinski definition) is 1. The molecule has 0 aliphatic carbocycles. The smallest absolute Gasteiger partial charge is 0.243 e. The number of hydrogen-bond acceptors (Lipinski definition) is 2. The van der Waals surface area contributed by atoms with Gasteiger partial charge in [-0.25, -0.2) is 0 Å². The van der Waals surface area contributed by atoms with Crippen LogP contribution >= 0.6 is 0 Å². The topological polar surface area (TPSA) is 49.4 Å². The van der Waals surface area contributed by atoms with E-state index in [-0.39, 0.29) is 18.4 Å². The zero-order chi connectivity index (χ0) is 17.9. The van der Waals surface area contributed by atoms with E-state index in [9.17, 15) is 9.59 Å². The van der Waals surface area contributed by atoms with Crippen molar-refractivity contribution < 1.29 is 9.59 Å². The summed E-state index contributed by atoms with van der Waals surface area (Å²) in [5.74, 6) is -0.132. The molecule has 130 valence electrons. The van der Waals surface area contributed by atoms with E-state index in [0.717, 1.165) is 16.5 Å². The quantitative estimate of drug-likeness (QED) is 0.791. The summed E-state index contributed by atoms with van der Waals surface area (Å²) in [4.78, 5) is 26.7. The molecule has 0 unspecified atom stereocenters. The SMILES string of the molecule is O=C1NCC(=O)N(Cc2ccccc2)[C@H]1Cc1ccc2ccccc2c1. The Kier molecular flexibility index (Phi) is 4.40. The first-order chi connectivity index (χ1) is 12.7. The molecule has 0 radical (unpaired) electrons. The minimum atomic E-state index is -0.488. The number of amides is 2. The third kappa shape index (κ3) is 3.31. The molecule has 3 aromatic rings. The van der Waals surface area contributed by atoms with Gasteiger partial charge in [-0.05, 0) is 21.9 Å². The summed E-state index contributed by atoms with van der Waals surface area (Å²) in [6, 6.07) is 23.7. The summed E-state index contributed by atoms with van der Waals surface area (Å²) < 4.78 is 0. The molecule has 1 aliphatic heterocycles. The van der Waals surface area contributed by atoms with E-state index >= 15 is 0 Å². The molecule has 1 saturated heterocycles. The highest BCUT2D eigenvalue weighted by molar-refractivity contribution is 5.95. The Morgan fingerprint density at radius 1 is 0.846 bits per heavy atom. The number of carbonyl (C=O) groups is 2. The Bertz CT molecular complexity index is 953. The number of piperazine rings is 1. The van der Waals surface area contributed by atoms with Crippen LogP contribution in [0.1, 0.15) is 11.1 Å². The van der Waals surface area contributed by atoms with E-state index in [1.807, 2.05) is 48.5 Å². The van der Waals surface area contributed by atoms with Gasteiger partial charge < -0.3 is 10.2 Å². The van der Waals surface area contributed by atoms with Crippen molar-refractivity contribution in [2.75, 3.05) is 6.54 Å². The van der Waals surface area contributed by atoms with Crippen LogP contribution in [-0.2, 0) is 22.6 Å². The molecular formula is C22H20N2O2. The van der Waals surface area contributed by atoms with Crippen molar-refractivity contribution in [3.05, 3.63) is 83.9 Å². The monoisotopic (exact) mass is 344 g/mol. The van der Waals surface area contributed by atoms with Gasteiger partial charge >= 0.3 is 0 Å². The van der Waals surface area contributed by atoms with Gasteiger partial charge in [-0.15, -0.1) is 0 Å². The van der Waals surface area contributed by atoms with Crippen LogP contribution in [0, 0.1) is 0 Å². The lowest BCUT2D eigenvalue weighted by Crippen LogP contribution is -2.58.